The number of carbonyl (C=O) groups excluding carboxylic acids is 1. The maximum Gasteiger partial charge on any atom is 0.224 e. The van der Waals surface area contributed by atoms with E-state index in [2.05, 4.69) is 10.6 Å². The molecule has 2 N–H and O–H groups in total. The molecule has 0 unspecified atom stereocenters. The van der Waals surface area contributed by atoms with Gasteiger partial charge < -0.3 is 15.5 Å². The predicted molar refractivity (Wildman–Crippen MR) is 130 cm³/mol. The van der Waals surface area contributed by atoms with Gasteiger partial charge in [-0.05, 0) is 44.9 Å². The van der Waals surface area contributed by atoms with E-state index in [0.29, 0.717) is 38.6 Å². The van der Waals surface area contributed by atoms with E-state index in [9.17, 15) is 13.2 Å². The summed E-state index contributed by atoms with van der Waals surface area (Å²) in [4.78, 5) is 18.5. The highest BCUT2D eigenvalue weighted by Crippen LogP contribution is 2.24. The fourth-order valence-corrected chi connectivity index (χ4v) is 4.48. The third-order valence-electron chi connectivity index (χ3n) is 4.78. The van der Waals surface area contributed by atoms with Crippen LogP contribution in [0.5, 0.6) is 0 Å². The van der Waals surface area contributed by atoms with Crippen molar-refractivity contribution in [2.45, 2.75) is 51.8 Å². The van der Waals surface area contributed by atoms with Gasteiger partial charge in [0.15, 0.2) is 15.8 Å². The number of halogens is 1. The summed E-state index contributed by atoms with van der Waals surface area (Å²) in [7, 11) is -3.10. The number of sulfone groups is 1. The van der Waals surface area contributed by atoms with Crippen LogP contribution in [0.2, 0.25) is 0 Å². The van der Waals surface area contributed by atoms with Gasteiger partial charge in [-0.3, -0.25) is 4.79 Å². The number of aliphatic imine (C=N–C) groups is 1. The quantitative estimate of drug-likeness (QED) is 0.332. The molecule has 164 valence electrons. The molecule has 1 heterocycles. The Labute approximate surface area is 191 Å². The smallest absolute Gasteiger partial charge is 0.224 e. The van der Waals surface area contributed by atoms with Crippen LogP contribution < -0.4 is 10.6 Å². The van der Waals surface area contributed by atoms with Crippen LogP contribution in [0.1, 0.15) is 46.1 Å². The molecule has 0 spiro atoms. The van der Waals surface area contributed by atoms with Crippen molar-refractivity contribution in [1.82, 2.24) is 10.2 Å². The zero-order valence-corrected chi connectivity index (χ0v) is 20.8. The van der Waals surface area contributed by atoms with Crippen LogP contribution in [-0.2, 0) is 21.2 Å². The Hall–Kier alpha value is -1.36. The number of rotatable bonds is 6. The molecule has 0 bridgehead atoms. The van der Waals surface area contributed by atoms with E-state index < -0.39 is 14.6 Å². The molecule has 0 atom stereocenters. The fourth-order valence-electron chi connectivity index (χ4n) is 3.11. The summed E-state index contributed by atoms with van der Waals surface area (Å²) in [5.74, 6) is 0.850. The Morgan fingerprint density at radius 2 is 2.00 bits per heavy atom. The van der Waals surface area contributed by atoms with Crippen molar-refractivity contribution in [2.75, 3.05) is 30.7 Å². The summed E-state index contributed by atoms with van der Waals surface area (Å²) in [6, 6.07) is 7.65. The lowest BCUT2D eigenvalue weighted by molar-refractivity contribution is -0.116. The van der Waals surface area contributed by atoms with Gasteiger partial charge in [-0.1, -0.05) is 19.1 Å². The molecule has 29 heavy (non-hydrogen) atoms. The van der Waals surface area contributed by atoms with E-state index >= 15 is 0 Å². The van der Waals surface area contributed by atoms with Gasteiger partial charge in [-0.15, -0.1) is 24.0 Å². The number of amides is 1. The van der Waals surface area contributed by atoms with Crippen molar-refractivity contribution in [1.29, 1.82) is 0 Å². The minimum absolute atomic E-state index is 0. The monoisotopic (exact) mass is 536 g/mol. The predicted octanol–water partition coefficient (Wildman–Crippen LogP) is 3.02. The molecule has 0 aliphatic carbocycles. The summed E-state index contributed by atoms with van der Waals surface area (Å²) >= 11 is 0. The zero-order valence-electron chi connectivity index (χ0n) is 17.7. The molecule has 1 amide bonds. The third kappa shape index (κ3) is 7.13. The topological polar surface area (TPSA) is 90.9 Å². The maximum atomic E-state index is 12.3. The molecule has 1 aliphatic rings. The summed E-state index contributed by atoms with van der Waals surface area (Å²) < 4.78 is 23.7. The molecule has 1 aliphatic heterocycles. The van der Waals surface area contributed by atoms with E-state index in [0.717, 1.165) is 17.7 Å². The van der Waals surface area contributed by atoms with Gasteiger partial charge in [0.25, 0.3) is 0 Å². The Kier molecular flexibility index (Phi) is 9.87. The number of benzene rings is 1. The number of hydrogen-bond acceptors (Lipinski definition) is 4. The highest BCUT2D eigenvalue weighted by atomic mass is 127. The van der Waals surface area contributed by atoms with Gasteiger partial charge in [0.2, 0.25) is 5.91 Å². The number of nitrogens with zero attached hydrogens (tertiary/aromatic N) is 2. The molecular weight excluding hydrogens is 503 g/mol. The number of guanidine groups is 1. The molecule has 1 saturated heterocycles. The van der Waals surface area contributed by atoms with E-state index in [1.54, 1.807) is 13.8 Å². The molecule has 0 saturated carbocycles. The second kappa shape index (κ2) is 11.1. The molecule has 9 heteroatoms. The van der Waals surface area contributed by atoms with Crippen molar-refractivity contribution >= 4 is 51.4 Å². The van der Waals surface area contributed by atoms with Gasteiger partial charge in [0.05, 0.1) is 17.0 Å². The number of anilines is 1. The summed E-state index contributed by atoms with van der Waals surface area (Å²) in [6.07, 6.45) is 1.31. The maximum absolute atomic E-state index is 12.3. The fraction of sp³-hybridized carbons (Fsp3) is 0.600. The van der Waals surface area contributed by atoms with E-state index in [1.165, 1.54) is 0 Å². The van der Waals surface area contributed by atoms with Crippen molar-refractivity contribution < 1.29 is 13.2 Å². The van der Waals surface area contributed by atoms with Crippen molar-refractivity contribution in [3.8, 4) is 0 Å². The highest BCUT2D eigenvalue weighted by Gasteiger charge is 2.40. The number of hydrogen-bond donors (Lipinski definition) is 2. The van der Waals surface area contributed by atoms with Crippen molar-refractivity contribution in [3.05, 3.63) is 29.8 Å². The van der Waals surface area contributed by atoms with Crippen LogP contribution in [0.3, 0.4) is 0 Å². The second-order valence-corrected chi connectivity index (χ2v) is 10.4. The minimum atomic E-state index is -3.10. The largest absolute Gasteiger partial charge is 0.357 e. The molecule has 1 aromatic carbocycles. The first-order valence-corrected chi connectivity index (χ1v) is 11.5. The van der Waals surface area contributed by atoms with Crippen LogP contribution >= 0.6 is 24.0 Å². The normalized spacial score (nSPS) is 17.9. The van der Waals surface area contributed by atoms with E-state index in [-0.39, 0.29) is 35.6 Å². The Morgan fingerprint density at radius 3 is 2.62 bits per heavy atom. The lowest BCUT2D eigenvalue weighted by Gasteiger charge is -2.39. The molecule has 7 nitrogen and oxygen atoms in total. The first-order valence-electron chi connectivity index (χ1n) is 9.83. The van der Waals surface area contributed by atoms with Gasteiger partial charge in [0.1, 0.15) is 0 Å². The van der Waals surface area contributed by atoms with Crippen molar-refractivity contribution in [2.24, 2.45) is 4.99 Å². The molecule has 1 fully saturated rings. The molecule has 1 aromatic rings. The van der Waals surface area contributed by atoms with Gasteiger partial charge >= 0.3 is 0 Å². The van der Waals surface area contributed by atoms with Gasteiger partial charge in [0, 0.05) is 31.7 Å². The van der Waals surface area contributed by atoms with Crippen LogP contribution in [0.15, 0.2) is 29.3 Å². The van der Waals surface area contributed by atoms with Crippen LogP contribution in [0, 0.1) is 0 Å². The average Bonchev–Trinajstić information content (AvgIpc) is 2.61. The van der Waals surface area contributed by atoms with E-state index in [4.69, 9.17) is 4.99 Å². The summed E-state index contributed by atoms with van der Waals surface area (Å²) in [5, 5.41) is 6.16. The Balaban J connectivity index is 0.00000420. The van der Waals surface area contributed by atoms with E-state index in [1.807, 2.05) is 43.0 Å². The standard InChI is InChI=1S/C20H32N4O3S.HI/c1-5-8-18(25)23-17-10-7-9-16(13-17)14-22-19(21-6-2)24-11-12-28(26,27)20(3,4)15-24;/h7,9-10,13H,5-6,8,11-12,14-15H2,1-4H3,(H,21,22)(H,23,25);1H. The zero-order chi connectivity index (χ0) is 20.8. The first kappa shape index (κ1) is 25.7. The van der Waals surface area contributed by atoms with Crippen molar-refractivity contribution in [3.63, 3.8) is 0 Å². The highest BCUT2D eigenvalue weighted by molar-refractivity contribution is 14.0. The Bertz CT molecular complexity index is 825. The Morgan fingerprint density at radius 1 is 1.28 bits per heavy atom. The van der Waals surface area contributed by atoms with Gasteiger partial charge in [-0.25, -0.2) is 13.4 Å². The SMILES string of the molecule is CCCC(=O)Nc1cccc(CN=C(NCC)N2CCS(=O)(=O)C(C)(C)C2)c1.I. The lowest BCUT2D eigenvalue weighted by atomic mass is 10.2. The molecule has 0 aromatic heterocycles. The van der Waals surface area contributed by atoms with Crippen LogP contribution in [-0.4, -0.2) is 55.3 Å². The lowest BCUT2D eigenvalue weighted by Crippen LogP contribution is -2.57. The number of nitrogens with one attached hydrogen (secondary N) is 2. The first-order chi connectivity index (χ1) is 13.2. The number of carbonyl (C=O) groups is 1. The summed E-state index contributed by atoms with van der Waals surface area (Å²) in [5.41, 5.74) is 1.75. The van der Waals surface area contributed by atoms with Crippen LogP contribution in [0.4, 0.5) is 5.69 Å². The third-order valence-corrected chi connectivity index (χ3v) is 7.31. The molecule has 0 radical (unpaired) electrons. The minimum Gasteiger partial charge on any atom is -0.357 e. The van der Waals surface area contributed by atoms with Gasteiger partial charge in [-0.2, -0.15) is 0 Å². The second-order valence-electron chi connectivity index (χ2n) is 7.67. The average molecular weight is 536 g/mol. The summed E-state index contributed by atoms with van der Waals surface area (Å²) in [6.45, 7) is 9.49. The van der Waals surface area contributed by atoms with Crippen LogP contribution in [0.25, 0.3) is 0 Å². The molecule has 2 rings (SSSR count). The molecular formula is C20H33IN4O3S.